The van der Waals surface area contributed by atoms with E-state index in [0.29, 0.717) is 16.7 Å². The maximum atomic E-state index is 15.0. The minimum absolute atomic E-state index is 0.116. The summed E-state index contributed by atoms with van der Waals surface area (Å²) >= 11 is 0. The average Bonchev–Trinajstić information content (AvgIpc) is 2.75. The smallest absolute Gasteiger partial charge is 0.251 e. The van der Waals surface area contributed by atoms with Gasteiger partial charge in [0.15, 0.2) is 17.3 Å². The lowest BCUT2D eigenvalue weighted by Gasteiger charge is -2.25. The van der Waals surface area contributed by atoms with Crippen LogP contribution in [0.25, 0.3) is 0 Å². The second-order valence-corrected chi connectivity index (χ2v) is 7.09. The van der Waals surface area contributed by atoms with Gasteiger partial charge in [0.05, 0.1) is 17.7 Å². The van der Waals surface area contributed by atoms with Gasteiger partial charge in [-0.15, -0.1) is 0 Å². The molecule has 8 heteroatoms. The summed E-state index contributed by atoms with van der Waals surface area (Å²) in [5.74, 6) is -2.49. The Labute approximate surface area is 176 Å². The standard InChI is InChI=1S/C23H18F2N2O4/c1-12-20-16(19(28)6-9-30-20)11-18(25)21(12)31-22(13-4-7-27-8-5-13)14-2-3-15(23(26)29)17(24)10-14/h2-5,7-8,10-11,22H,6,9H2,1H3,(H2,26,29)/t22-/m0/s1. The number of fused-ring (bicyclic) bond motifs is 1. The predicted octanol–water partition coefficient (Wildman–Crippen LogP) is 3.90. The number of benzene rings is 2. The molecule has 0 radical (unpaired) electrons. The van der Waals surface area contributed by atoms with E-state index in [1.165, 1.54) is 24.5 Å². The molecule has 1 aliphatic heterocycles. The van der Waals surface area contributed by atoms with Gasteiger partial charge in [0.1, 0.15) is 17.7 Å². The van der Waals surface area contributed by atoms with Crippen LogP contribution < -0.4 is 15.2 Å². The fourth-order valence-electron chi connectivity index (χ4n) is 3.54. The van der Waals surface area contributed by atoms with Crippen LogP contribution in [0.3, 0.4) is 0 Å². The van der Waals surface area contributed by atoms with Crippen LogP contribution in [0, 0.1) is 18.6 Å². The van der Waals surface area contributed by atoms with Crippen LogP contribution in [-0.2, 0) is 0 Å². The molecular formula is C23H18F2N2O4. The topological polar surface area (TPSA) is 91.5 Å². The van der Waals surface area contributed by atoms with Gasteiger partial charge in [-0.2, -0.15) is 0 Å². The Balaban J connectivity index is 1.81. The molecule has 2 N–H and O–H groups in total. The number of rotatable bonds is 5. The Morgan fingerprint density at radius 1 is 1.13 bits per heavy atom. The summed E-state index contributed by atoms with van der Waals surface area (Å²) in [7, 11) is 0. The number of halogens is 2. The van der Waals surface area contributed by atoms with Crippen LogP contribution in [0.15, 0.2) is 48.8 Å². The van der Waals surface area contributed by atoms with Crippen molar-refractivity contribution in [3.05, 3.63) is 88.2 Å². The van der Waals surface area contributed by atoms with Crippen LogP contribution in [0.5, 0.6) is 11.5 Å². The van der Waals surface area contributed by atoms with Gasteiger partial charge in [-0.25, -0.2) is 8.78 Å². The van der Waals surface area contributed by atoms with E-state index in [-0.39, 0.29) is 41.4 Å². The van der Waals surface area contributed by atoms with E-state index >= 15 is 0 Å². The van der Waals surface area contributed by atoms with Crippen molar-refractivity contribution >= 4 is 11.7 Å². The Morgan fingerprint density at radius 2 is 1.87 bits per heavy atom. The first kappa shape index (κ1) is 20.5. The van der Waals surface area contributed by atoms with Crippen molar-refractivity contribution < 1.29 is 27.8 Å². The number of hydrogen-bond acceptors (Lipinski definition) is 5. The molecule has 0 saturated carbocycles. The SMILES string of the molecule is Cc1c(O[C@@H](c2ccncc2)c2ccc(C(N)=O)c(F)c2)c(F)cc2c1OCCC2=O. The van der Waals surface area contributed by atoms with Crippen molar-refractivity contribution in [1.82, 2.24) is 4.98 Å². The molecule has 0 unspecified atom stereocenters. The molecule has 0 saturated heterocycles. The number of primary amides is 1. The molecule has 0 spiro atoms. The van der Waals surface area contributed by atoms with E-state index in [0.717, 1.165) is 12.1 Å². The number of amides is 1. The lowest BCUT2D eigenvalue weighted by molar-refractivity contribution is 0.0930. The highest BCUT2D eigenvalue weighted by atomic mass is 19.1. The molecule has 2 heterocycles. The molecule has 158 valence electrons. The summed E-state index contributed by atoms with van der Waals surface area (Å²) in [4.78, 5) is 27.4. The number of pyridine rings is 1. The second kappa shape index (κ2) is 8.14. The zero-order valence-corrected chi connectivity index (χ0v) is 16.5. The van der Waals surface area contributed by atoms with Gasteiger partial charge in [-0.1, -0.05) is 6.07 Å². The quantitative estimate of drug-likeness (QED) is 0.671. The third kappa shape index (κ3) is 3.84. The van der Waals surface area contributed by atoms with Crippen LogP contribution in [-0.4, -0.2) is 23.3 Å². The minimum atomic E-state index is -0.926. The number of ether oxygens (including phenoxy) is 2. The van der Waals surface area contributed by atoms with E-state index < -0.39 is 23.6 Å². The summed E-state index contributed by atoms with van der Waals surface area (Å²) in [6, 6.07) is 8.26. The first-order valence-electron chi connectivity index (χ1n) is 9.51. The number of aromatic nitrogens is 1. The number of carbonyl (C=O) groups is 2. The van der Waals surface area contributed by atoms with Crippen molar-refractivity contribution in [3.8, 4) is 11.5 Å². The van der Waals surface area contributed by atoms with Crippen molar-refractivity contribution in [2.45, 2.75) is 19.4 Å². The molecule has 0 fully saturated rings. The zero-order valence-electron chi connectivity index (χ0n) is 16.5. The number of nitrogens with two attached hydrogens (primary N) is 1. The Kier molecular flexibility index (Phi) is 5.37. The van der Waals surface area contributed by atoms with Gasteiger partial charge in [0, 0.05) is 24.4 Å². The maximum Gasteiger partial charge on any atom is 0.251 e. The van der Waals surface area contributed by atoms with Gasteiger partial charge >= 0.3 is 0 Å². The molecule has 4 rings (SSSR count). The van der Waals surface area contributed by atoms with E-state index in [4.69, 9.17) is 15.2 Å². The lowest BCUT2D eigenvalue weighted by Crippen LogP contribution is -2.19. The summed E-state index contributed by atoms with van der Waals surface area (Å²) in [5.41, 5.74) is 6.33. The van der Waals surface area contributed by atoms with Gasteiger partial charge < -0.3 is 15.2 Å². The Hall–Kier alpha value is -3.81. The number of nitrogens with zero attached hydrogens (tertiary/aromatic N) is 1. The van der Waals surface area contributed by atoms with Crippen molar-refractivity contribution in [3.63, 3.8) is 0 Å². The molecule has 0 aliphatic carbocycles. The fourth-order valence-corrected chi connectivity index (χ4v) is 3.54. The van der Waals surface area contributed by atoms with E-state index in [2.05, 4.69) is 4.98 Å². The summed E-state index contributed by atoms with van der Waals surface area (Å²) in [6.07, 6.45) is 2.30. The number of carbonyl (C=O) groups excluding carboxylic acids is 2. The second-order valence-electron chi connectivity index (χ2n) is 7.09. The molecule has 1 aromatic heterocycles. The van der Waals surface area contributed by atoms with Gasteiger partial charge in [-0.05, 0) is 48.4 Å². The summed E-state index contributed by atoms with van der Waals surface area (Å²) in [6.45, 7) is 1.79. The summed E-state index contributed by atoms with van der Waals surface area (Å²) < 4.78 is 41.0. The molecule has 31 heavy (non-hydrogen) atoms. The molecule has 1 atom stereocenters. The van der Waals surface area contributed by atoms with E-state index in [1.54, 1.807) is 19.1 Å². The fraction of sp³-hybridized carbons (Fsp3) is 0.174. The highest BCUT2D eigenvalue weighted by Crippen LogP contribution is 2.40. The van der Waals surface area contributed by atoms with Crippen molar-refractivity contribution in [1.29, 1.82) is 0 Å². The molecule has 2 aromatic carbocycles. The monoisotopic (exact) mass is 424 g/mol. The minimum Gasteiger partial charge on any atom is -0.492 e. The van der Waals surface area contributed by atoms with Crippen LogP contribution in [0.1, 0.15) is 49.9 Å². The first-order chi connectivity index (χ1) is 14.9. The predicted molar refractivity (Wildman–Crippen MR) is 107 cm³/mol. The van der Waals surface area contributed by atoms with Crippen LogP contribution >= 0.6 is 0 Å². The molecule has 1 amide bonds. The van der Waals surface area contributed by atoms with Crippen molar-refractivity contribution in [2.24, 2.45) is 5.73 Å². The molecule has 1 aliphatic rings. The van der Waals surface area contributed by atoms with E-state index in [1.807, 2.05) is 0 Å². The Bertz CT molecular complexity index is 1180. The van der Waals surface area contributed by atoms with Crippen LogP contribution in [0.2, 0.25) is 0 Å². The molecular weight excluding hydrogens is 406 g/mol. The Morgan fingerprint density at radius 3 is 2.55 bits per heavy atom. The number of Topliss-reactive ketones (excluding diaryl/α,β-unsaturated/α-hetero) is 1. The average molecular weight is 424 g/mol. The first-order valence-corrected chi connectivity index (χ1v) is 9.51. The maximum absolute atomic E-state index is 15.0. The highest BCUT2D eigenvalue weighted by molar-refractivity contribution is 6.00. The van der Waals surface area contributed by atoms with Gasteiger partial charge in [-0.3, -0.25) is 14.6 Å². The molecule has 0 bridgehead atoms. The van der Waals surface area contributed by atoms with Gasteiger partial charge in [0.2, 0.25) is 0 Å². The van der Waals surface area contributed by atoms with Crippen molar-refractivity contribution in [2.75, 3.05) is 6.61 Å². The van der Waals surface area contributed by atoms with E-state index in [9.17, 15) is 18.4 Å². The number of ketones is 1. The third-order valence-electron chi connectivity index (χ3n) is 5.10. The normalized spacial score (nSPS) is 13.8. The zero-order chi connectivity index (χ0) is 22.1. The molecule has 6 nitrogen and oxygen atoms in total. The largest absolute Gasteiger partial charge is 0.492 e. The molecule has 3 aromatic rings. The lowest BCUT2D eigenvalue weighted by atomic mass is 9.98. The summed E-state index contributed by atoms with van der Waals surface area (Å²) in [5, 5.41) is 0. The number of hydrogen-bond donors (Lipinski definition) is 1. The highest BCUT2D eigenvalue weighted by Gasteiger charge is 2.28. The third-order valence-corrected chi connectivity index (χ3v) is 5.10. The van der Waals surface area contributed by atoms with Crippen LogP contribution in [0.4, 0.5) is 8.78 Å². The van der Waals surface area contributed by atoms with Gasteiger partial charge in [0.25, 0.3) is 5.91 Å².